The van der Waals surface area contributed by atoms with Gasteiger partial charge in [0.05, 0.1) is 11.3 Å². The zero-order chi connectivity index (χ0) is 11.8. The van der Waals surface area contributed by atoms with Crippen LogP contribution in [0.5, 0.6) is 0 Å². The van der Waals surface area contributed by atoms with Crippen molar-refractivity contribution in [2.24, 2.45) is 5.73 Å². The van der Waals surface area contributed by atoms with Gasteiger partial charge in [-0.15, -0.1) is 0 Å². The summed E-state index contributed by atoms with van der Waals surface area (Å²) in [4.78, 5) is 0. The molecule has 90 valence electrons. The molecule has 0 saturated heterocycles. The largest absolute Gasteiger partial charge is 0.389 e. The van der Waals surface area contributed by atoms with Gasteiger partial charge in [0.25, 0.3) is 0 Å². The minimum Gasteiger partial charge on any atom is -0.389 e. The van der Waals surface area contributed by atoms with Crippen LogP contribution in [0.3, 0.4) is 0 Å². The molecule has 1 aromatic heterocycles. The highest BCUT2D eigenvalue weighted by Gasteiger charge is 2.36. The molecule has 2 rings (SSSR count). The number of hydrogen-bond acceptors (Lipinski definition) is 3. The zero-order valence-electron chi connectivity index (χ0n) is 10.1. The van der Waals surface area contributed by atoms with Gasteiger partial charge in [-0.3, -0.25) is 4.68 Å². The van der Waals surface area contributed by atoms with Gasteiger partial charge in [-0.25, -0.2) is 0 Å². The molecule has 0 aromatic carbocycles. The van der Waals surface area contributed by atoms with E-state index in [1.54, 1.807) is 0 Å². The molecular weight excluding hydrogens is 202 g/mol. The average Bonchev–Trinajstić information content (AvgIpc) is 2.70. The molecule has 1 aromatic rings. The van der Waals surface area contributed by atoms with Crippen molar-refractivity contribution in [3.63, 3.8) is 0 Å². The Labute approximate surface area is 96.5 Å². The third-order valence-electron chi connectivity index (χ3n) is 3.42. The summed E-state index contributed by atoms with van der Waals surface area (Å²) in [5.41, 5.74) is 7.38. The lowest BCUT2D eigenvalue weighted by atomic mass is 9.95. The highest BCUT2D eigenvalue weighted by molar-refractivity contribution is 5.13. The van der Waals surface area contributed by atoms with Crippen LogP contribution in [0.2, 0.25) is 0 Å². The highest BCUT2D eigenvalue weighted by Crippen LogP contribution is 2.32. The molecule has 1 heterocycles. The Hall–Kier alpha value is -0.870. The Morgan fingerprint density at radius 1 is 1.69 bits per heavy atom. The second-order valence-corrected chi connectivity index (χ2v) is 5.00. The van der Waals surface area contributed by atoms with E-state index in [0.29, 0.717) is 12.8 Å². The third kappa shape index (κ3) is 2.28. The van der Waals surface area contributed by atoms with Crippen molar-refractivity contribution in [1.29, 1.82) is 0 Å². The second kappa shape index (κ2) is 4.18. The molecular formula is C12H21N3O. The molecule has 0 radical (unpaired) electrons. The van der Waals surface area contributed by atoms with Crippen LogP contribution in [-0.2, 0) is 13.0 Å². The first-order valence-corrected chi connectivity index (χ1v) is 6.04. The van der Waals surface area contributed by atoms with Crippen LogP contribution >= 0.6 is 0 Å². The summed E-state index contributed by atoms with van der Waals surface area (Å²) in [6.07, 6.45) is 3.12. The van der Waals surface area contributed by atoms with Gasteiger partial charge in [-0.2, -0.15) is 5.10 Å². The number of aromatic nitrogens is 2. The quantitative estimate of drug-likeness (QED) is 0.803. The van der Waals surface area contributed by atoms with Crippen LogP contribution in [0.1, 0.15) is 37.6 Å². The molecule has 0 spiro atoms. The molecule has 2 atom stereocenters. The molecule has 1 saturated carbocycles. The maximum absolute atomic E-state index is 10.4. The maximum Gasteiger partial charge on any atom is 0.0718 e. The van der Waals surface area contributed by atoms with E-state index in [1.165, 1.54) is 0 Å². The minimum absolute atomic E-state index is 0.157. The van der Waals surface area contributed by atoms with Crippen LogP contribution in [-0.4, -0.2) is 26.5 Å². The average molecular weight is 223 g/mol. The van der Waals surface area contributed by atoms with Gasteiger partial charge in [-0.1, -0.05) is 0 Å². The van der Waals surface area contributed by atoms with Crippen LogP contribution in [0.4, 0.5) is 0 Å². The van der Waals surface area contributed by atoms with Gasteiger partial charge in [0.2, 0.25) is 0 Å². The first kappa shape index (κ1) is 11.6. The van der Waals surface area contributed by atoms with Crippen molar-refractivity contribution in [3.8, 4) is 0 Å². The number of nitrogens with two attached hydrogens (primary N) is 1. The fourth-order valence-corrected chi connectivity index (χ4v) is 2.66. The number of aliphatic hydroxyl groups is 1. The highest BCUT2D eigenvalue weighted by atomic mass is 16.3. The van der Waals surface area contributed by atoms with Crippen molar-refractivity contribution in [1.82, 2.24) is 9.78 Å². The monoisotopic (exact) mass is 223 g/mol. The van der Waals surface area contributed by atoms with Gasteiger partial charge in [0.15, 0.2) is 0 Å². The summed E-state index contributed by atoms with van der Waals surface area (Å²) < 4.78 is 1.97. The normalized spacial score (nSPS) is 29.9. The Kier molecular flexibility index (Phi) is 3.04. The van der Waals surface area contributed by atoms with Crippen molar-refractivity contribution >= 4 is 0 Å². The first-order chi connectivity index (χ1) is 7.52. The summed E-state index contributed by atoms with van der Waals surface area (Å²) in [5, 5.41) is 14.8. The maximum atomic E-state index is 10.4. The summed E-state index contributed by atoms with van der Waals surface area (Å²) >= 11 is 0. The van der Waals surface area contributed by atoms with Gasteiger partial charge in [-0.05, 0) is 39.2 Å². The van der Waals surface area contributed by atoms with Crippen molar-refractivity contribution in [3.05, 3.63) is 17.5 Å². The number of aryl methyl sites for hydroxylation is 2. The topological polar surface area (TPSA) is 64.1 Å². The number of rotatable bonds is 3. The predicted molar refractivity (Wildman–Crippen MR) is 63.1 cm³/mol. The van der Waals surface area contributed by atoms with Gasteiger partial charge >= 0.3 is 0 Å². The fourth-order valence-electron chi connectivity index (χ4n) is 2.66. The second-order valence-electron chi connectivity index (χ2n) is 5.00. The SMILES string of the molecule is CCn1nc(C)cc1CC1(O)CCC(N)C1. The lowest BCUT2D eigenvalue weighted by Crippen LogP contribution is -2.31. The van der Waals surface area contributed by atoms with E-state index < -0.39 is 5.60 Å². The molecule has 1 aliphatic rings. The molecule has 1 aliphatic carbocycles. The molecule has 2 unspecified atom stereocenters. The molecule has 16 heavy (non-hydrogen) atoms. The van der Waals surface area contributed by atoms with Gasteiger partial charge < -0.3 is 10.8 Å². The van der Waals surface area contributed by atoms with Gasteiger partial charge in [0.1, 0.15) is 0 Å². The minimum atomic E-state index is -0.612. The molecule has 1 fully saturated rings. The Morgan fingerprint density at radius 2 is 2.44 bits per heavy atom. The van der Waals surface area contributed by atoms with E-state index in [1.807, 2.05) is 11.6 Å². The molecule has 0 bridgehead atoms. The van der Waals surface area contributed by atoms with Crippen LogP contribution in [0, 0.1) is 6.92 Å². The number of hydrogen-bond donors (Lipinski definition) is 2. The smallest absolute Gasteiger partial charge is 0.0718 e. The summed E-state index contributed by atoms with van der Waals surface area (Å²) in [5.74, 6) is 0. The number of nitrogens with zero attached hydrogens (tertiary/aromatic N) is 2. The van der Waals surface area contributed by atoms with E-state index in [-0.39, 0.29) is 6.04 Å². The predicted octanol–water partition coefficient (Wildman–Crippen LogP) is 0.996. The molecule has 4 heteroatoms. The summed E-state index contributed by atoms with van der Waals surface area (Å²) in [6, 6.07) is 2.22. The van der Waals surface area contributed by atoms with E-state index >= 15 is 0 Å². The van der Waals surface area contributed by atoms with Crippen LogP contribution in [0.25, 0.3) is 0 Å². The van der Waals surface area contributed by atoms with E-state index in [9.17, 15) is 5.11 Å². The van der Waals surface area contributed by atoms with E-state index in [2.05, 4.69) is 18.1 Å². The standard InChI is InChI=1S/C12H21N3O/c1-3-15-11(6-9(2)14-15)8-12(16)5-4-10(13)7-12/h6,10,16H,3-5,7-8,13H2,1-2H3. The first-order valence-electron chi connectivity index (χ1n) is 6.04. The Balaban J connectivity index is 2.14. The summed E-state index contributed by atoms with van der Waals surface area (Å²) in [7, 11) is 0. The van der Waals surface area contributed by atoms with Crippen molar-refractivity contribution < 1.29 is 5.11 Å². The van der Waals surface area contributed by atoms with Crippen LogP contribution in [0.15, 0.2) is 6.07 Å². The summed E-state index contributed by atoms with van der Waals surface area (Å²) in [6.45, 7) is 4.91. The zero-order valence-corrected chi connectivity index (χ0v) is 10.1. The van der Waals surface area contributed by atoms with E-state index in [0.717, 1.165) is 30.8 Å². The lowest BCUT2D eigenvalue weighted by molar-refractivity contribution is 0.0448. The molecule has 0 amide bonds. The van der Waals surface area contributed by atoms with E-state index in [4.69, 9.17) is 5.73 Å². The molecule has 0 aliphatic heterocycles. The Bertz CT molecular complexity index is 374. The molecule has 3 N–H and O–H groups in total. The van der Waals surface area contributed by atoms with Crippen molar-refractivity contribution in [2.75, 3.05) is 0 Å². The Morgan fingerprint density at radius 3 is 3.00 bits per heavy atom. The third-order valence-corrected chi connectivity index (χ3v) is 3.42. The lowest BCUT2D eigenvalue weighted by Gasteiger charge is -2.22. The van der Waals surface area contributed by atoms with Crippen LogP contribution < -0.4 is 5.73 Å². The van der Waals surface area contributed by atoms with Crippen molar-refractivity contribution in [2.45, 2.75) is 57.7 Å². The molecule has 4 nitrogen and oxygen atoms in total. The fraction of sp³-hybridized carbons (Fsp3) is 0.750. The van der Waals surface area contributed by atoms with Gasteiger partial charge in [0, 0.05) is 24.7 Å².